The number of rotatable bonds is 4. The first-order valence-corrected chi connectivity index (χ1v) is 6.45. The Morgan fingerprint density at radius 3 is 2.43 bits per heavy atom. The number of nitrogens with two attached hydrogens (primary N) is 1. The molecule has 5 heteroatoms. The minimum atomic E-state index is -0.218. The van der Waals surface area contributed by atoms with Crippen LogP contribution in [0, 0.1) is 0 Å². The smallest absolute Gasteiger partial charge is 0.259 e. The van der Waals surface area contributed by atoms with E-state index in [4.69, 9.17) is 10.6 Å². The van der Waals surface area contributed by atoms with E-state index in [1.54, 1.807) is 30.3 Å². The maximum absolute atomic E-state index is 12.2. The number of amides is 1. The van der Waals surface area contributed by atoms with Gasteiger partial charge in [0.25, 0.3) is 5.91 Å². The van der Waals surface area contributed by atoms with Crippen LogP contribution in [-0.2, 0) is 0 Å². The van der Waals surface area contributed by atoms with Gasteiger partial charge < -0.3 is 15.9 Å². The van der Waals surface area contributed by atoms with Crippen LogP contribution < -0.4 is 15.9 Å². The van der Waals surface area contributed by atoms with Crippen LogP contribution in [-0.4, -0.2) is 18.7 Å². The quantitative estimate of drug-likeness (QED) is 0.514. The number of hydrazone groups is 1. The van der Waals surface area contributed by atoms with Crippen molar-refractivity contribution in [3.05, 3.63) is 59.7 Å². The molecule has 0 fully saturated rings. The van der Waals surface area contributed by atoms with E-state index in [0.29, 0.717) is 17.0 Å². The number of ether oxygens (including phenoxy) is 1. The number of nitrogens with zero attached hydrogens (tertiary/aromatic N) is 1. The molecule has 2 aromatic carbocycles. The zero-order chi connectivity index (χ0) is 15.2. The van der Waals surface area contributed by atoms with E-state index in [1.165, 1.54) is 7.11 Å². The molecule has 2 aromatic rings. The molecule has 0 saturated heterocycles. The Morgan fingerprint density at radius 1 is 1.14 bits per heavy atom. The predicted molar refractivity (Wildman–Crippen MR) is 83.8 cm³/mol. The lowest BCUT2D eigenvalue weighted by Gasteiger charge is -2.09. The fourth-order valence-electron chi connectivity index (χ4n) is 1.90. The Hall–Kier alpha value is -2.82. The van der Waals surface area contributed by atoms with Gasteiger partial charge in [-0.05, 0) is 36.8 Å². The van der Waals surface area contributed by atoms with Crippen molar-refractivity contribution in [1.82, 2.24) is 0 Å². The first-order chi connectivity index (χ1) is 10.2. The molecule has 0 bridgehead atoms. The molecule has 0 aliphatic heterocycles. The first-order valence-electron chi connectivity index (χ1n) is 6.45. The van der Waals surface area contributed by atoms with Crippen molar-refractivity contribution in [1.29, 1.82) is 0 Å². The van der Waals surface area contributed by atoms with Crippen LogP contribution in [0.4, 0.5) is 5.69 Å². The van der Waals surface area contributed by atoms with Crippen molar-refractivity contribution < 1.29 is 9.53 Å². The number of hydrogen-bond donors (Lipinski definition) is 2. The average molecular weight is 283 g/mol. The Bertz CT molecular complexity index is 663. The molecule has 108 valence electrons. The monoisotopic (exact) mass is 283 g/mol. The van der Waals surface area contributed by atoms with E-state index >= 15 is 0 Å². The second kappa shape index (κ2) is 6.56. The van der Waals surface area contributed by atoms with Gasteiger partial charge in [-0.1, -0.05) is 24.3 Å². The van der Waals surface area contributed by atoms with Crippen molar-refractivity contribution in [2.24, 2.45) is 10.9 Å². The number of hydrogen-bond acceptors (Lipinski definition) is 4. The molecule has 0 heterocycles. The normalized spacial score (nSPS) is 11.0. The molecule has 0 radical (unpaired) electrons. The van der Waals surface area contributed by atoms with Crippen molar-refractivity contribution in [3.8, 4) is 5.75 Å². The number of nitrogens with one attached hydrogen (secondary N) is 1. The molecule has 2 rings (SSSR count). The highest BCUT2D eigenvalue weighted by Gasteiger charge is 2.11. The fourth-order valence-corrected chi connectivity index (χ4v) is 1.90. The van der Waals surface area contributed by atoms with Gasteiger partial charge in [-0.25, -0.2) is 0 Å². The van der Waals surface area contributed by atoms with Crippen LogP contribution in [0.15, 0.2) is 53.6 Å². The van der Waals surface area contributed by atoms with Crippen molar-refractivity contribution >= 4 is 17.3 Å². The predicted octanol–water partition coefficient (Wildman–Crippen LogP) is 2.63. The molecular formula is C16H17N3O2. The largest absolute Gasteiger partial charge is 0.496 e. The van der Waals surface area contributed by atoms with Gasteiger partial charge in [0.05, 0.1) is 18.4 Å². The second-order valence-electron chi connectivity index (χ2n) is 4.45. The Balaban J connectivity index is 2.16. The van der Waals surface area contributed by atoms with Crippen LogP contribution >= 0.6 is 0 Å². The lowest BCUT2D eigenvalue weighted by atomic mass is 10.1. The molecule has 1 amide bonds. The number of methoxy groups -OCH3 is 1. The van der Waals surface area contributed by atoms with Gasteiger partial charge in [0.1, 0.15) is 5.75 Å². The van der Waals surface area contributed by atoms with Gasteiger partial charge in [-0.3, -0.25) is 4.79 Å². The van der Waals surface area contributed by atoms with Gasteiger partial charge in [0, 0.05) is 5.69 Å². The third-order valence-corrected chi connectivity index (χ3v) is 3.11. The van der Waals surface area contributed by atoms with E-state index in [9.17, 15) is 4.79 Å². The summed E-state index contributed by atoms with van der Waals surface area (Å²) in [6, 6.07) is 14.4. The third kappa shape index (κ3) is 3.39. The highest BCUT2D eigenvalue weighted by atomic mass is 16.5. The summed E-state index contributed by atoms with van der Waals surface area (Å²) in [5.41, 5.74) is 2.83. The molecule has 21 heavy (non-hydrogen) atoms. The zero-order valence-corrected chi connectivity index (χ0v) is 12.0. The van der Waals surface area contributed by atoms with E-state index in [1.807, 2.05) is 25.1 Å². The maximum atomic E-state index is 12.2. The van der Waals surface area contributed by atoms with Crippen LogP contribution in [0.2, 0.25) is 0 Å². The van der Waals surface area contributed by atoms with Crippen molar-refractivity contribution in [2.75, 3.05) is 12.4 Å². The number of benzene rings is 2. The molecule has 0 spiro atoms. The fraction of sp³-hybridized carbons (Fsp3) is 0.125. The van der Waals surface area contributed by atoms with Crippen molar-refractivity contribution in [2.45, 2.75) is 6.92 Å². The summed E-state index contributed by atoms with van der Waals surface area (Å²) in [5, 5.41) is 6.46. The summed E-state index contributed by atoms with van der Waals surface area (Å²) in [6.45, 7) is 1.82. The Labute approximate surface area is 123 Å². The molecule has 0 atom stereocenters. The van der Waals surface area contributed by atoms with Gasteiger partial charge in [0.15, 0.2) is 0 Å². The lowest BCUT2D eigenvalue weighted by Crippen LogP contribution is -2.13. The third-order valence-electron chi connectivity index (χ3n) is 3.11. The molecule has 0 unspecified atom stereocenters. The van der Waals surface area contributed by atoms with Gasteiger partial charge in [-0.15, -0.1) is 0 Å². The maximum Gasteiger partial charge on any atom is 0.259 e. The van der Waals surface area contributed by atoms with Crippen molar-refractivity contribution in [3.63, 3.8) is 0 Å². The van der Waals surface area contributed by atoms with Crippen LogP contribution in [0.25, 0.3) is 0 Å². The summed E-state index contributed by atoms with van der Waals surface area (Å²) in [6.07, 6.45) is 0. The standard InChI is InChI=1S/C16H17N3O2/c1-11(19-17)12-7-9-13(10-8-12)18-16(20)14-5-3-4-6-15(14)21-2/h3-10H,17H2,1-2H3,(H,18,20)/b19-11+. The van der Waals surface area contributed by atoms with Crippen LogP contribution in [0.5, 0.6) is 5.75 Å². The second-order valence-corrected chi connectivity index (χ2v) is 4.45. The number of carbonyl (C=O) groups is 1. The van der Waals surface area contributed by atoms with Gasteiger partial charge in [0.2, 0.25) is 0 Å². The van der Waals surface area contributed by atoms with E-state index in [2.05, 4.69) is 10.4 Å². The summed E-state index contributed by atoms with van der Waals surface area (Å²) in [4.78, 5) is 12.2. The summed E-state index contributed by atoms with van der Waals surface area (Å²) >= 11 is 0. The van der Waals surface area contributed by atoms with E-state index in [0.717, 1.165) is 11.3 Å². The van der Waals surface area contributed by atoms with E-state index in [-0.39, 0.29) is 5.91 Å². The molecule has 3 N–H and O–H groups in total. The highest BCUT2D eigenvalue weighted by molar-refractivity contribution is 6.06. The number of anilines is 1. The molecule has 0 aliphatic rings. The summed E-state index contributed by atoms with van der Waals surface area (Å²) < 4.78 is 5.18. The summed E-state index contributed by atoms with van der Waals surface area (Å²) in [5.74, 6) is 5.56. The minimum absolute atomic E-state index is 0.218. The molecule has 0 saturated carbocycles. The molecule has 0 aromatic heterocycles. The average Bonchev–Trinajstić information content (AvgIpc) is 2.54. The molecular weight excluding hydrogens is 266 g/mol. The first kappa shape index (κ1) is 14.6. The summed E-state index contributed by atoms with van der Waals surface area (Å²) in [7, 11) is 1.54. The van der Waals surface area contributed by atoms with Gasteiger partial charge >= 0.3 is 0 Å². The topological polar surface area (TPSA) is 76.7 Å². The zero-order valence-electron chi connectivity index (χ0n) is 12.0. The molecule has 0 aliphatic carbocycles. The van der Waals surface area contributed by atoms with E-state index < -0.39 is 0 Å². The SMILES string of the molecule is COc1ccccc1C(=O)Nc1ccc(/C(C)=N/N)cc1. The van der Waals surface area contributed by atoms with Crippen LogP contribution in [0.1, 0.15) is 22.8 Å². The Morgan fingerprint density at radius 2 is 1.81 bits per heavy atom. The van der Waals surface area contributed by atoms with Crippen LogP contribution in [0.3, 0.4) is 0 Å². The number of carbonyl (C=O) groups excluding carboxylic acids is 1. The van der Waals surface area contributed by atoms with Gasteiger partial charge in [-0.2, -0.15) is 5.10 Å². The Kier molecular flexibility index (Phi) is 4.56. The molecule has 5 nitrogen and oxygen atoms in total. The highest BCUT2D eigenvalue weighted by Crippen LogP contribution is 2.19. The minimum Gasteiger partial charge on any atom is -0.496 e. The number of para-hydroxylation sites is 1. The lowest BCUT2D eigenvalue weighted by molar-refractivity contribution is 0.102.